The second-order valence-corrected chi connectivity index (χ2v) is 7.82. The van der Waals surface area contributed by atoms with Gasteiger partial charge >= 0.3 is 11.7 Å². The normalized spacial score (nSPS) is 12.0. The van der Waals surface area contributed by atoms with Crippen molar-refractivity contribution in [3.8, 4) is 5.69 Å². The smallest absolute Gasteiger partial charge is 0.350 e. The van der Waals surface area contributed by atoms with Crippen molar-refractivity contribution in [1.29, 1.82) is 0 Å². The van der Waals surface area contributed by atoms with Gasteiger partial charge in [-0.05, 0) is 38.0 Å². The van der Waals surface area contributed by atoms with Crippen LogP contribution in [0.3, 0.4) is 0 Å². The fourth-order valence-corrected chi connectivity index (χ4v) is 3.64. The van der Waals surface area contributed by atoms with Gasteiger partial charge in [0.25, 0.3) is 0 Å². The number of carboxylic acid groups (broad SMARTS) is 1. The highest BCUT2D eigenvalue weighted by Crippen LogP contribution is 2.24. The molecule has 0 aliphatic heterocycles. The molecular weight excluding hydrogens is 427 g/mol. The number of halogens is 1. The van der Waals surface area contributed by atoms with E-state index >= 15 is 0 Å². The number of carbonyl (C=O) groups is 1. The number of nitrogens with one attached hydrogen (secondary N) is 1. The lowest BCUT2D eigenvalue weighted by molar-refractivity contribution is 0.0697. The maximum absolute atomic E-state index is 14.9. The summed E-state index contributed by atoms with van der Waals surface area (Å²) in [7, 11) is 0. The first kappa shape index (κ1) is 24.2. The van der Waals surface area contributed by atoms with E-state index in [4.69, 9.17) is 4.74 Å². The molecule has 33 heavy (non-hydrogen) atoms. The van der Waals surface area contributed by atoms with Gasteiger partial charge in [-0.1, -0.05) is 43.7 Å². The molecule has 0 saturated heterocycles. The molecule has 3 aromatic rings. The Hall–Kier alpha value is -3.46. The second-order valence-electron chi connectivity index (χ2n) is 7.82. The predicted molar refractivity (Wildman–Crippen MR) is 123 cm³/mol. The molecule has 0 unspecified atom stereocenters. The molecule has 8 nitrogen and oxygen atoms in total. The highest BCUT2D eigenvalue weighted by atomic mass is 19.1. The van der Waals surface area contributed by atoms with Crippen LogP contribution in [-0.4, -0.2) is 31.5 Å². The Morgan fingerprint density at radius 3 is 2.58 bits per heavy atom. The number of hydrogen-bond acceptors (Lipinski definition) is 5. The molecular formula is C24H29FN4O4. The lowest BCUT2D eigenvalue weighted by Gasteiger charge is -2.17. The van der Waals surface area contributed by atoms with Gasteiger partial charge in [0, 0.05) is 12.6 Å². The quantitative estimate of drug-likeness (QED) is 0.449. The Morgan fingerprint density at radius 1 is 1.21 bits per heavy atom. The van der Waals surface area contributed by atoms with Crippen LogP contribution in [0.2, 0.25) is 0 Å². The van der Waals surface area contributed by atoms with Crippen LogP contribution < -0.4 is 11.0 Å². The minimum Gasteiger partial charge on any atom is -0.478 e. The molecule has 0 spiro atoms. The predicted octanol–water partition coefficient (Wildman–Crippen LogP) is 4.21. The van der Waals surface area contributed by atoms with Gasteiger partial charge in [0.1, 0.15) is 18.1 Å². The lowest BCUT2D eigenvalue weighted by Crippen LogP contribution is -2.25. The summed E-state index contributed by atoms with van der Waals surface area (Å²) in [5, 5.41) is 16.9. The van der Waals surface area contributed by atoms with Crippen LogP contribution in [0.25, 0.3) is 5.69 Å². The van der Waals surface area contributed by atoms with Gasteiger partial charge in [-0.15, -0.1) is 5.10 Å². The second kappa shape index (κ2) is 10.9. The Balaban J connectivity index is 1.94. The molecule has 1 atom stereocenters. The van der Waals surface area contributed by atoms with Crippen molar-refractivity contribution < 1.29 is 19.0 Å². The van der Waals surface area contributed by atoms with E-state index in [-0.39, 0.29) is 29.6 Å². The molecule has 1 aromatic heterocycles. The molecule has 1 heterocycles. The van der Waals surface area contributed by atoms with Gasteiger partial charge in [-0.2, -0.15) is 4.68 Å². The summed E-state index contributed by atoms with van der Waals surface area (Å²) in [6.07, 6.45) is 1.70. The van der Waals surface area contributed by atoms with Crippen molar-refractivity contribution in [2.45, 2.75) is 59.4 Å². The summed E-state index contributed by atoms with van der Waals surface area (Å²) < 4.78 is 23.0. The minimum absolute atomic E-state index is 0.0294. The molecule has 0 bridgehead atoms. The molecule has 0 aliphatic carbocycles. The first-order valence-electron chi connectivity index (χ1n) is 11.0. The molecule has 0 radical (unpaired) electrons. The van der Waals surface area contributed by atoms with E-state index in [1.807, 2.05) is 44.2 Å². The van der Waals surface area contributed by atoms with E-state index in [9.17, 15) is 19.1 Å². The average molecular weight is 457 g/mol. The highest BCUT2D eigenvalue weighted by molar-refractivity contribution is 5.94. The molecule has 0 amide bonds. The van der Waals surface area contributed by atoms with E-state index in [1.54, 1.807) is 6.92 Å². The van der Waals surface area contributed by atoms with Crippen molar-refractivity contribution in [3.63, 3.8) is 0 Å². The minimum atomic E-state index is -1.26. The van der Waals surface area contributed by atoms with E-state index < -0.39 is 17.5 Å². The van der Waals surface area contributed by atoms with Gasteiger partial charge in [0.05, 0.1) is 17.9 Å². The summed E-state index contributed by atoms with van der Waals surface area (Å²) in [5.74, 6) is -1.75. The van der Waals surface area contributed by atoms with Gasteiger partial charge in [-0.3, -0.25) is 4.57 Å². The van der Waals surface area contributed by atoms with Crippen LogP contribution in [0.1, 0.15) is 55.4 Å². The topological polar surface area (TPSA) is 98.4 Å². The van der Waals surface area contributed by atoms with Crippen LogP contribution in [0.4, 0.5) is 10.1 Å². The zero-order valence-corrected chi connectivity index (χ0v) is 19.0. The summed E-state index contributed by atoms with van der Waals surface area (Å²) in [4.78, 5) is 24.6. The number of carboxylic acids is 1. The third-order valence-electron chi connectivity index (χ3n) is 5.27. The standard InChI is InChI=1S/C24H29FN4O4/c1-4-9-16(3)26-20-13-21(19(25)12-18(20)23(30)31)29-24(32)28(5-2)22(27-29)15-33-14-17-10-7-6-8-11-17/h6-8,10-13,16,26H,4-5,9,14-15H2,1-3H3,(H,30,31)/t16-/m0/s1. The summed E-state index contributed by atoms with van der Waals surface area (Å²) in [6.45, 7) is 6.46. The van der Waals surface area contributed by atoms with Crippen molar-refractivity contribution >= 4 is 11.7 Å². The number of nitrogens with zero attached hydrogens (tertiary/aromatic N) is 3. The molecule has 176 valence electrons. The van der Waals surface area contributed by atoms with Crippen molar-refractivity contribution in [2.75, 3.05) is 5.32 Å². The summed E-state index contributed by atoms with van der Waals surface area (Å²) in [6, 6.07) is 11.8. The number of ether oxygens (including phenoxy) is 1. The number of aromatic carboxylic acids is 1. The van der Waals surface area contributed by atoms with Crippen LogP contribution in [0.5, 0.6) is 0 Å². The molecule has 2 N–H and O–H groups in total. The largest absolute Gasteiger partial charge is 0.478 e. The molecule has 2 aromatic carbocycles. The number of benzene rings is 2. The highest BCUT2D eigenvalue weighted by Gasteiger charge is 2.21. The van der Waals surface area contributed by atoms with E-state index in [0.717, 1.165) is 29.2 Å². The third kappa shape index (κ3) is 5.67. The first-order valence-corrected chi connectivity index (χ1v) is 11.0. The molecule has 0 saturated carbocycles. The van der Waals surface area contributed by atoms with Crippen LogP contribution in [0.15, 0.2) is 47.3 Å². The number of hydrogen-bond donors (Lipinski definition) is 2. The van der Waals surface area contributed by atoms with Crippen LogP contribution in [-0.2, 0) is 24.5 Å². The fourth-order valence-electron chi connectivity index (χ4n) is 3.64. The molecule has 0 aliphatic rings. The van der Waals surface area contributed by atoms with Gasteiger partial charge in [0.15, 0.2) is 5.82 Å². The molecule has 3 rings (SSSR count). The molecule has 9 heteroatoms. The van der Waals surface area contributed by atoms with E-state index in [0.29, 0.717) is 19.0 Å². The van der Waals surface area contributed by atoms with Gasteiger partial charge in [0.2, 0.25) is 0 Å². The van der Waals surface area contributed by atoms with Crippen LogP contribution in [0, 0.1) is 5.82 Å². The monoisotopic (exact) mass is 456 g/mol. The average Bonchev–Trinajstić information content (AvgIpc) is 3.10. The lowest BCUT2D eigenvalue weighted by atomic mass is 10.1. The zero-order chi connectivity index (χ0) is 24.0. The summed E-state index contributed by atoms with van der Waals surface area (Å²) >= 11 is 0. The fraction of sp³-hybridized carbons (Fsp3) is 0.375. The zero-order valence-electron chi connectivity index (χ0n) is 19.0. The van der Waals surface area contributed by atoms with Crippen LogP contribution >= 0.6 is 0 Å². The number of aromatic nitrogens is 3. The van der Waals surface area contributed by atoms with E-state index in [2.05, 4.69) is 10.4 Å². The van der Waals surface area contributed by atoms with Crippen molar-refractivity contribution in [1.82, 2.24) is 14.3 Å². The Labute approximate surface area is 191 Å². The van der Waals surface area contributed by atoms with E-state index in [1.165, 1.54) is 10.6 Å². The Morgan fingerprint density at radius 2 is 1.94 bits per heavy atom. The Bertz CT molecular complexity index is 1160. The maximum atomic E-state index is 14.9. The number of anilines is 1. The third-order valence-corrected chi connectivity index (χ3v) is 5.27. The van der Waals surface area contributed by atoms with Gasteiger partial charge in [-0.25, -0.2) is 14.0 Å². The molecule has 0 fully saturated rings. The first-order chi connectivity index (χ1) is 15.8. The maximum Gasteiger partial charge on any atom is 0.350 e. The Kier molecular flexibility index (Phi) is 8.00. The van der Waals surface area contributed by atoms with Crippen molar-refractivity contribution in [2.24, 2.45) is 0 Å². The van der Waals surface area contributed by atoms with Crippen molar-refractivity contribution in [3.05, 3.63) is 75.7 Å². The SMILES string of the molecule is CCC[C@H](C)Nc1cc(-n2nc(COCc3ccccc3)n(CC)c2=O)c(F)cc1C(=O)O. The van der Waals surface area contributed by atoms with Gasteiger partial charge < -0.3 is 15.2 Å². The summed E-state index contributed by atoms with van der Waals surface area (Å²) in [5.41, 5.74) is 0.376. The number of rotatable bonds is 11.